The third-order valence-electron chi connectivity index (χ3n) is 2.43. The number of rotatable bonds is 3. The van der Waals surface area contributed by atoms with E-state index < -0.39 is 5.60 Å². The molecular weight excluding hydrogens is 194 g/mol. The predicted octanol–water partition coefficient (Wildman–Crippen LogP) is 0.785. The van der Waals surface area contributed by atoms with Crippen LogP contribution in [0.4, 0.5) is 0 Å². The third-order valence-corrected chi connectivity index (χ3v) is 2.43. The Hall–Kier alpha value is -0.610. The van der Waals surface area contributed by atoms with Gasteiger partial charge in [0.25, 0.3) is 0 Å². The largest absolute Gasteiger partial charge is 0.459 e. The van der Waals surface area contributed by atoms with Crippen LogP contribution in [0.3, 0.4) is 0 Å². The van der Waals surface area contributed by atoms with E-state index in [1.165, 1.54) is 0 Å². The van der Waals surface area contributed by atoms with Crippen LogP contribution in [-0.2, 0) is 9.53 Å². The molecule has 1 aliphatic heterocycles. The van der Waals surface area contributed by atoms with Crippen molar-refractivity contribution < 1.29 is 14.6 Å². The zero-order chi connectivity index (χ0) is 11.5. The fourth-order valence-corrected chi connectivity index (χ4v) is 1.86. The minimum atomic E-state index is -0.426. The summed E-state index contributed by atoms with van der Waals surface area (Å²) in [6.07, 6.45) is 1.85. The average molecular weight is 215 g/mol. The summed E-state index contributed by atoms with van der Waals surface area (Å²) in [5.41, 5.74) is -0.426. The van der Waals surface area contributed by atoms with Crippen molar-refractivity contribution in [3.63, 3.8) is 0 Å². The molecule has 0 aromatic carbocycles. The Labute approximate surface area is 91.2 Å². The van der Waals surface area contributed by atoms with Gasteiger partial charge in [-0.3, -0.25) is 9.69 Å². The van der Waals surface area contributed by atoms with E-state index in [0.29, 0.717) is 6.54 Å². The topological polar surface area (TPSA) is 49.8 Å². The van der Waals surface area contributed by atoms with Crippen molar-refractivity contribution >= 4 is 5.97 Å². The van der Waals surface area contributed by atoms with Gasteiger partial charge in [-0.25, -0.2) is 0 Å². The number of carbonyl (C=O) groups excluding carboxylic acids is 1. The fourth-order valence-electron chi connectivity index (χ4n) is 1.86. The molecule has 0 aromatic rings. The number of nitrogens with zero attached hydrogens (tertiary/aromatic N) is 1. The van der Waals surface area contributed by atoms with Gasteiger partial charge in [0.05, 0.1) is 6.61 Å². The number of carbonyl (C=O) groups is 1. The monoisotopic (exact) mass is 215 g/mol. The zero-order valence-corrected chi connectivity index (χ0v) is 9.82. The van der Waals surface area contributed by atoms with Crippen LogP contribution in [0.1, 0.15) is 33.6 Å². The first-order chi connectivity index (χ1) is 6.94. The summed E-state index contributed by atoms with van der Waals surface area (Å²) in [5.74, 6) is -0.159. The lowest BCUT2D eigenvalue weighted by Crippen LogP contribution is -2.41. The molecule has 4 heteroatoms. The Morgan fingerprint density at radius 2 is 2.20 bits per heavy atom. The minimum Gasteiger partial charge on any atom is -0.459 e. The smallest absolute Gasteiger partial charge is 0.323 e. The maximum Gasteiger partial charge on any atom is 0.323 e. The van der Waals surface area contributed by atoms with Crippen LogP contribution in [0.5, 0.6) is 0 Å². The molecule has 0 bridgehead atoms. The van der Waals surface area contributed by atoms with Crippen molar-refractivity contribution in [1.29, 1.82) is 0 Å². The highest BCUT2D eigenvalue weighted by molar-refractivity contribution is 5.76. The van der Waals surface area contributed by atoms with Gasteiger partial charge in [-0.1, -0.05) is 0 Å². The van der Waals surface area contributed by atoms with Gasteiger partial charge < -0.3 is 9.84 Å². The van der Waals surface area contributed by atoms with Gasteiger partial charge in [-0.05, 0) is 40.2 Å². The lowest BCUT2D eigenvalue weighted by Gasteiger charge is -2.26. The summed E-state index contributed by atoms with van der Waals surface area (Å²) in [6.45, 7) is 7.15. The lowest BCUT2D eigenvalue weighted by molar-refractivity contribution is -0.160. The van der Waals surface area contributed by atoms with Crippen LogP contribution in [0.2, 0.25) is 0 Å². The highest BCUT2D eigenvalue weighted by Gasteiger charge is 2.33. The van der Waals surface area contributed by atoms with Gasteiger partial charge in [0, 0.05) is 6.54 Å². The molecule has 0 saturated carbocycles. The number of ether oxygens (including phenoxy) is 1. The van der Waals surface area contributed by atoms with Crippen molar-refractivity contribution in [3.05, 3.63) is 0 Å². The second-order valence-electron chi connectivity index (χ2n) is 4.95. The number of esters is 1. The minimum absolute atomic E-state index is 0.0965. The Morgan fingerprint density at radius 3 is 2.73 bits per heavy atom. The van der Waals surface area contributed by atoms with Gasteiger partial charge in [-0.15, -0.1) is 0 Å². The first-order valence-electron chi connectivity index (χ1n) is 5.52. The number of hydrogen-bond acceptors (Lipinski definition) is 4. The van der Waals surface area contributed by atoms with Gasteiger partial charge in [0.2, 0.25) is 0 Å². The Kier molecular flexibility index (Phi) is 4.11. The molecule has 1 N–H and O–H groups in total. The maximum atomic E-state index is 11.8. The molecular formula is C11H21NO3. The standard InChI is InChI=1S/C11H21NO3/c1-11(2,3)15-10(14)9-5-4-6-12(9)7-8-13/h9,13H,4-8H2,1-3H3/t9-/m1/s1. The molecule has 88 valence electrons. The summed E-state index contributed by atoms with van der Waals surface area (Å²) in [4.78, 5) is 13.8. The quantitative estimate of drug-likeness (QED) is 0.707. The van der Waals surface area contributed by atoms with Crippen molar-refractivity contribution in [1.82, 2.24) is 4.90 Å². The Balaban J connectivity index is 2.51. The second kappa shape index (κ2) is 4.94. The fraction of sp³-hybridized carbons (Fsp3) is 0.909. The molecule has 15 heavy (non-hydrogen) atoms. The summed E-state index contributed by atoms with van der Waals surface area (Å²) < 4.78 is 5.34. The summed E-state index contributed by atoms with van der Waals surface area (Å²) >= 11 is 0. The maximum absolute atomic E-state index is 11.8. The highest BCUT2D eigenvalue weighted by atomic mass is 16.6. The number of hydrogen-bond donors (Lipinski definition) is 1. The Morgan fingerprint density at radius 1 is 1.53 bits per heavy atom. The normalized spacial score (nSPS) is 23.1. The van der Waals surface area contributed by atoms with Gasteiger partial charge in [-0.2, -0.15) is 0 Å². The number of aliphatic hydroxyl groups is 1. The van der Waals surface area contributed by atoms with Crippen molar-refractivity contribution in [3.8, 4) is 0 Å². The molecule has 0 aromatic heterocycles. The molecule has 1 saturated heterocycles. The molecule has 4 nitrogen and oxygen atoms in total. The van der Waals surface area contributed by atoms with Crippen LogP contribution in [0.15, 0.2) is 0 Å². The Bertz CT molecular complexity index is 222. The molecule has 0 unspecified atom stereocenters. The van der Waals surface area contributed by atoms with Gasteiger partial charge in [0.15, 0.2) is 0 Å². The zero-order valence-electron chi connectivity index (χ0n) is 9.82. The SMILES string of the molecule is CC(C)(C)OC(=O)[C@H]1CCCN1CCO. The lowest BCUT2D eigenvalue weighted by atomic mass is 10.1. The molecule has 1 rings (SSSR count). The summed E-state index contributed by atoms with van der Waals surface area (Å²) in [5, 5.41) is 8.87. The van der Waals surface area contributed by atoms with E-state index in [1.54, 1.807) is 0 Å². The first kappa shape index (κ1) is 12.5. The molecule has 1 heterocycles. The van der Waals surface area contributed by atoms with E-state index in [0.717, 1.165) is 19.4 Å². The van der Waals surface area contributed by atoms with E-state index in [-0.39, 0.29) is 18.6 Å². The molecule has 0 radical (unpaired) electrons. The predicted molar refractivity (Wildman–Crippen MR) is 57.5 cm³/mol. The van der Waals surface area contributed by atoms with Crippen LogP contribution in [0.25, 0.3) is 0 Å². The summed E-state index contributed by atoms with van der Waals surface area (Å²) in [6, 6.07) is -0.156. The molecule has 1 atom stereocenters. The number of aliphatic hydroxyl groups excluding tert-OH is 1. The molecule has 1 fully saturated rings. The van der Waals surface area contributed by atoms with E-state index in [1.807, 2.05) is 25.7 Å². The molecule has 1 aliphatic rings. The average Bonchev–Trinajstić information content (AvgIpc) is 2.49. The van der Waals surface area contributed by atoms with Crippen LogP contribution >= 0.6 is 0 Å². The number of β-amino-alcohol motifs (C(OH)–C–C–N with tert-alkyl or cyclic N) is 1. The molecule has 0 spiro atoms. The van der Waals surface area contributed by atoms with E-state index >= 15 is 0 Å². The van der Waals surface area contributed by atoms with E-state index in [9.17, 15) is 4.79 Å². The van der Waals surface area contributed by atoms with Crippen LogP contribution < -0.4 is 0 Å². The van der Waals surface area contributed by atoms with Crippen LogP contribution in [0, 0.1) is 0 Å². The van der Waals surface area contributed by atoms with Gasteiger partial charge in [0.1, 0.15) is 11.6 Å². The van der Waals surface area contributed by atoms with E-state index in [2.05, 4.69) is 0 Å². The van der Waals surface area contributed by atoms with E-state index in [4.69, 9.17) is 9.84 Å². The van der Waals surface area contributed by atoms with Gasteiger partial charge >= 0.3 is 5.97 Å². The highest BCUT2D eigenvalue weighted by Crippen LogP contribution is 2.20. The summed E-state index contributed by atoms with van der Waals surface area (Å²) in [7, 11) is 0. The molecule has 0 aliphatic carbocycles. The second-order valence-corrected chi connectivity index (χ2v) is 4.95. The third kappa shape index (κ3) is 3.80. The van der Waals surface area contributed by atoms with Crippen molar-refractivity contribution in [2.75, 3.05) is 19.7 Å². The number of likely N-dealkylation sites (tertiary alicyclic amines) is 1. The van der Waals surface area contributed by atoms with Crippen LogP contribution in [-0.4, -0.2) is 47.3 Å². The van der Waals surface area contributed by atoms with Crippen molar-refractivity contribution in [2.24, 2.45) is 0 Å². The van der Waals surface area contributed by atoms with Crippen molar-refractivity contribution in [2.45, 2.75) is 45.3 Å². The first-order valence-corrected chi connectivity index (χ1v) is 5.52. The molecule has 0 amide bonds.